The molecule has 0 bridgehead atoms. The average molecular weight is 424 g/mol. The molecule has 2 N–H and O–H groups in total. The van der Waals surface area contributed by atoms with Crippen LogP contribution in [0, 0.1) is 0 Å². The molecule has 3 rings (SSSR count). The number of hydrogen-bond acceptors (Lipinski definition) is 5. The number of hydrogen-bond donors (Lipinski definition) is 2. The van der Waals surface area contributed by atoms with Crippen molar-refractivity contribution in [3.8, 4) is 10.4 Å². The third kappa shape index (κ3) is 4.48. The van der Waals surface area contributed by atoms with Crippen molar-refractivity contribution in [2.75, 3.05) is 4.72 Å². The summed E-state index contributed by atoms with van der Waals surface area (Å²) < 4.78 is 42.4. The molecule has 0 saturated carbocycles. The number of carboxylic acid groups (broad SMARTS) is 1. The molecule has 0 unspecified atom stereocenters. The molecule has 0 atom stereocenters. The molecule has 9 heteroatoms. The molecule has 2 aromatic carbocycles. The minimum atomic E-state index is -4.47. The van der Waals surface area contributed by atoms with Gasteiger partial charge in [0.25, 0.3) is 0 Å². The molecule has 0 aliphatic carbocycles. The summed E-state index contributed by atoms with van der Waals surface area (Å²) in [6.07, 6.45) is -2.22. The second-order valence-corrected chi connectivity index (χ2v) is 7.54. The first-order valence-corrected chi connectivity index (χ1v) is 9.88. The van der Waals surface area contributed by atoms with E-state index < -0.39 is 17.7 Å². The van der Waals surface area contributed by atoms with E-state index in [4.69, 9.17) is 0 Å². The normalized spacial score (nSPS) is 11.4. The van der Waals surface area contributed by atoms with Crippen LogP contribution in [0.2, 0.25) is 0 Å². The van der Waals surface area contributed by atoms with Gasteiger partial charge in [0.15, 0.2) is 0 Å². The number of nitrogens with zero attached hydrogens (tertiary/aromatic N) is 1. The lowest BCUT2D eigenvalue weighted by atomic mass is 10.1. The molecule has 28 heavy (non-hydrogen) atoms. The molecule has 1 aromatic heterocycles. The number of aromatic carboxylic acids is 1. The van der Waals surface area contributed by atoms with E-state index in [-0.39, 0.29) is 11.3 Å². The van der Waals surface area contributed by atoms with Crippen LogP contribution in [0.4, 0.5) is 18.9 Å². The minimum Gasteiger partial charge on any atom is -0.478 e. The maximum atomic E-state index is 13.2. The zero-order chi connectivity index (χ0) is 20.3. The molecule has 0 radical (unpaired) electrons. The first-order valence-electron chi connectivity index (χ1n) is 8.18. The largest absolute Gasteiger partial charge is 0.478 e. The fourth-order valence-corrected chi connectivity index (χ4v) is 4.13. The zero-order valence-corrected chi connectivity index (χ0v) is 16.2. The lowest BCUT2D eigenvalue weighted by Gasteiger charge is -2.15. The van der Waals surface area contributed by atoms with Crippen LogP contribution in [0.25, 0.3) is 10.4 Å². The summed E-state index contributed by atoms with van der Waals surface area (Å²) in [7, 11) is 0. The van der Waals surface area contributed by atoms with Crippen LogP contribution >= 0.6 is 23.3 Å². The summed E-state index contributed by atoms with van der Waals surface area (Å²) in [5.74, 6) is -1.06. The van der Waals surface area contributed by atoms with Gasteiger partial charge in [-0.25, -0.2) is 4.79 Å². The van der Waals surface area contributed by atoms with Crippen LogP contribution in [-0.2, 0) is 12.6 Å². The highest BCUT2D eigenvalue weighted by molar-refractivity contribution is 8.00. The molecule has 0 aliphatic heterocycles. The summed E-state index contributed by atoms with van der Waals surface area (Å²) >= 11 is 2.41. The molecule has 0 fully saturated rings. The fraction of sp³-hybridized carbons (Fsp3) is 0.158. The van der Waals surface area contributed by atoms with Crippen molar-refractivity contribution in [3.63, 3.8) is 0 Å². The molecule has 0 saturated heterocycles. The van der Waals surface area contributed by atoms with Crippen molar-refractivity contribution in [1.29, 1.82) is 0 Å². The fourth-order valence-electron chi connectivity index (χ4n) is 2.55. The third-order valence-corrected chi connectivity index (χ3v) is 5.74. The predicted octanol–water partition coefficient (Wildman–Crippen LogP) is 6.21. The number of aromatic nitrogens is 1. The molecule has 0 aliphatic rings. The van der Waals surface area contributed by atoms with Gasteiger partial charge >= 0.3 is 12.1 Å². The van der Waals surface area contributed by atoms with E-state index in [1.807, 2.05) is 6.92 Å². The van der Waals surface area contributed by atoms with Gasteiger partial charge in [-0.2, -0.15) is 13.2 Å². The average Bonchev–Trinajstić information content (AvgIpc) is 3.19. The first kappa shape index (κ1) is 20.2. The van der Waals surface area contributed by atoms with Crippen molar-refractivity contribution in [3.05, 3.63) is 64.8 Å². The van der Waals surface area contributed by atoms with Gasteiger partial charge in [-0.3, -0.25) is 4.98 Å². The second-order valence-electron chi connectivity index (χ2n) is 5.81. The van der Waals surface area contributed by atoms with E-state index in [0.717, 1.165) is 34.5 Å². The summed E-state index contributed by atoms with van der Waals surface area (Å²) in [4.78, 5) is 16.6. The lowest BCUT2D eigenvalue weighted by molar-refractivity contribution is -0.137. The van der Waals surface area contributed by atoms with Crippen molar-refractivity contribution in [2.45, 2.75) is 24.4 Å². The molecule has 3 aromatic rings. The highest BCUT2D eigenvalue weighted by atomic mass is 32.2. The number of thiazole rings is 1. The summed E-state index contributed by atoms with van der Waals surface area (Å²) in [6, 6.07) is 8.23. The molecule has 0 spiro atoms. The maximum Gasteiger partial charge on any atom is 0.416 e. The van der Waals surface area contributed by atoms with Crippen molar-refractivity contribution >= 4 is 34.9 Å². The van der Waals surface area contributed by atoms with Gasteiger partial charge in [-0.1, -0.05) is 19.1 Å². The number of rotatable bonds is 6. The number of anilines is 1. The van der Waals surface area contributed by atoms with Crippen LogP contribution in [0.3, 0.4) is 0 Å². The Morgan fingerprint density at radius 2 is 2.04 bits per heavy atom. The molecule has 4 nitrogen and oxygen atoms in total. The third-order valence-electron chi connectivity index (χ3n) is 4.01. The Balaban J connectivity index is 1.97. The molecule has 146 valence electrons. The Labute approximate surface area is 167 Å². The number of nitrogens with one attached hydrogen (secondary N) is 1. The van der Waals surface area contributed by atoms with Crippen LogP contribution in [0.1, 0.15) is 28.4 Å². The van der Waals surface area contributed by atoms with Gasteiger partial charge in [0.2, 0.25) is 0 Å². The zero-order valence-electron chi connectivity index (χ0n) is 14.6. The Morgan fingerprint density at radius 1 is 1.25 bits per heavy atom. The van der Waals surface area contributed by atoms with E-state index in [0.29, 0.717) is 16.9 Å². The molecular weight excluding hydrogens is 409 g/mol. The van der Waals surface area contributed by atoms with Gasteiger partial charge in [0, 0.05) is 16.7 Å². The number of alkyl halides is 3. The van der Waals surface area contributed by atoms with Gasteiger partial charge in [-0.05, 0) is 48.2 Å². The van der Waals surface area contributed by atoms with Crippen LogP contribution in [-0.4, -0.2) is 16.1 Å². The van der Waals surface area contributed by atoms with E-state index >= 15 is 0 Å². The molecular formula is C19H15F3N2O2S2. The Bertz CT molecular complexity index is 989. The topological polar surface area (TPSA) is 62.2 Å². The predicted molar refractivity (Wildman–Crippen MR) is 105 cm³/mol. The lowest BCUT2D eigenvalue weighted by Crippen LogP contribution is -2.06. The van der Waals surface area contributed by atoms with E-state index in [1.54, 1.807) is 17.8 Å². The second kappa shape index (κ2) is 8.24. The van der Waals surface area contributed by atoms with Crippen molar-refractivity contribution in [2.24, 2.45) is 0 Å². The van der Waals surface area contributed by atoms with E-state index in [2.05, 4.69) is 9.71 Å². The monoisotopic (exact) mass is 424 g/mol. The highest BCUT2D eigenvalue weighted by Gasteiger charge is 2.31. The highest BCUT2D eigenvalue weighted by Crippen LogP contribution is 2.39. The minimum absolute atomic E-state index is 0.119. The van der Waals surface area contributed by atoms with Gasteiger partial charge < -0.3 is 9.83 Å². The first-order chi connectivity index (χ1) is 13.3. The van der Waals surface area contributed by atoms with Gasteiger partial charge in [0.1, 0.15) is 0 Å². The summed E-state index contributed by atoms with van der Waals surface area (Å²) in [6.45, 7) is 1.92. The van der Waals surface area contributed by atoms with Crippen molar-refractivity contribution < 1.29 is 23.1 Å². The van der Waals surface area contributed by atoms with Crippen LogP contribution < -0.4 is 4.72 Å². The Hall–Kier alpha value is -2.52. The number of benzene rings is 2. The van der Waals surface area contributed by atoms with Gasteiger partial charge in [0.05, 0.1) is 27.2 Å². The maximum absolute atomic E-state index is 13.2. The smallest absolute Gasteiger partial charge is 0.416 e. The SMILES string of the molecule is CCc1ccc(C(=O)O)cc1SNc1cc(C(F)(F)F)ccc1-c1cncs1. The summed E-state index contributed by atoms with van der Waals surface area (Å²) in [5, 5.41) is 9.19. The quantitative estimate of drug-likeness (QED) is 0.461. The number of aryl methyl sites for hydroxylation is 1. The van der Waals surface area contributed by atoms with Gasteiger partial charge in [-0.15, -0.1) is 11.3 Å². The Kier molecular flexibility index (Phi) is 5.95. The van der Waals surface area contributed by atoms with Crippen LogP contribution in [0.5, 0.6) is 0 Å². The number of carbonyl (C=O) groups is 1. The standard InChI is InChI=1S/C19H15F3N2O2S2/c1-2-11-3-4-12(18(25)26)7-16(11)28-24-15-8-13(19(20,21)22)5-6-14(15)17-9-23-10-27-17/h3-10,24H,2H2,1H3,(H,25,26). The number of halogens is 3. The van der Waals surface area contributed by atoms with E-state index in [1.165, 1.54) is 29.5 Å². The number of carboxylic acids is 1. The summed E-state index contributed by atoms with van der Waals surface area (Å²) in [5.41, 5.74) is 2.73. The molecule has 0 amide bonds. The van der Waals surface area contributed by atoms with E-state index in [9.17, 15) is 23.1 Å². The van der Waals surface area contributed by atoms with Crippen molar-refractivity contribution in [1.82, 2.24) is 4.98 Å². The Morgan fingerprint density at radius 3 is 2.64 bits per heavy atom. The molecule has 1 heterocycles. The van der Waals surface area contributed by atoms with Crippen LogP contribution in [0.15, 0.2) is 53.0 Å².